The van der Waals surface area contributed by atoms with Crippen LogP contribution in [0, 0.1) is 6.92 Å². The Hall–Kier alpha value is -3.22. The van der Waals surface area contributed by atoms with E-state index in [1.54, 1.807) is 11.0 Å². The molecule has 166 valence electrons. The highest BCUT2D eigenvalue weighted by atomic mass is 16.5. The molecule has 1 aliphatic heterocycles. The molecule has 0 atom stereocenters. The summed E-state index contributed by atoms with van der Waals surface area (Å²) in [6.07, 6.45) is 1.41. The van der Waals surface area contributed by atoms with E-state index in [9.17, 15) is 9.59 Å². The number of ether oxygens (including phenoxy) is 3. The number of hydrogen-bond donors (Lipinski definition) is 1. The van der Waals surface area contributed by atoms with Gasteiger partial charge in [-0.15, -0.1) is 0 Å². The van der Waals surface area contributed by atoms with E-state index < -0.39 is 0 Å². The van der Waals surface area contributed by atoms with Crippen molar-refractivity contribution in [3.8, 4) is 17.2 Å². The van der Waals surface area contributed by atoms with Gasteiger partial charge >= 0.3 is 0 Å². The largest absolute Gasteiger partial charge is 0.490 e. The molecule has 0 spiro atoms. The first kappa shape index (κ1) is 22.5. The molecular weight excluding hydrogens is 396 g/mol. The summed E-state index contributed by atoms with van der Waals surface area (Å²) in [6.45, 7) is 5.54. The van der Waals surface area contributed by atoms with Crippen LogP contribution in [-0.4, -0.2) is 55.7 Å². The lowest BCUT2D eigenvalue weighted by Gasteiger charge is -2.32. The van der Waals surface area contributed by atoms with Crippen LogP contribution in [0.3, 0.4) is 0 Å². The molecule has 1 saturated heterocycles. The Morgan fingerprint density at radius 2 is 1.58 bits per heavy atom. The molecule has 0 bridgehead atoms. The molecule has 0 aliphatic carbocycles. The highest BCUT2D eigenvalue weighted by Gasteiger charge is 2.24. The van der Waals surface area contributed by atoms with Gasteiger partial charge in [-0.3, -0.25) is 9.59 Å². The molecule has 7 nitrogen and oxygen atoms in total. The quantitative estimate of drug-likeness (QED) is 0.667. The molecule has 2 aromatic carbocycles. The first-order chi connectivity index (χ1) is 15.0. The van der Waals surface area contributed by atoms with E-state index in [0.717, 1.165) is 5.56 Å². The highest BCUT2D eigenvalue weighted by Crippen LogP contribution is 2.26. The summed E-state index contributed by atoms with van der Waals surface area (Å²) >= 11 is 0. The van der Waals surface area contributed by atoms with Crippen molar-refractivity contribution in [1.29, 1.82) is 0 Å². The molecule has 0 radical (unpaired) electrons. The maximum atomic E-state index is 12.5. The number of likely N-dealkylation sites (tertiary alicyclic amines) is 1. The molecule has 2 amide bonds. The maximum absolute atomic E-state index is 12.5. The minimum atomic E-state index is -0.152. The van der Waals surface area contributed by atoms with Crippen molar-refractivity contribution < 1.29 is 23.8 Å². The first-order valence-electron chi connectivity index (χ1n) is 10.7. The van der Waals surface area contributed by atoms with Gasteiger partial charge in [-0.1, -0.05) is 29.8 Å². The highest BCUT2D eigenvalue weighted by molar-refractivity contribution is 5.79. The van der Waals surface area contributed by atoms with E-state index in [4.69, 9.17) is 14.2 Å². The van der Waals surface area contributed by atoms with E-state index in [2.05, 4.69) is 5.32 Å². The second kappa shape index (κ2) is 11.2. The van der Waals surface area contributed by atoms with Crippen LogP contribution < -0.4 is 19.5 Å². The maximum Gasteiger partial charge on any atom is 0.260 e. The molecule has 7 heteroatoms. The van der Waals surface area contributed by atoms with Crippen LogP contribution >= 0.6 is 0 Å². The summed E-state index contributed by atoms with van der Waals surface area (Å²) < 4.78 is 16.7. The van der Waals surface area contributed by atoms with Crippen molar-refractivity contribution in [2.45, 2.75) is 32.7 Å². The third-order valence-corrected chi connectivity index (χ3v) is 5.10. The summed E-state index contributed by atoms with van der Waals surface area (Å²) in [7, 11) is 0. The smallest absolute Gasteiger partial charge is 0.260 e. The van der Waals surface area contributed by atoms with Crippen molar-refractivity contribution in [3.63, 3.8) is 0 Å². The third kappa shape index (κ3) is 6.91. The Kier molecular flexibility index (Phi) is 8.15. The number of rotatable bonds is 9. The summed E-state index contributed by atoms with van der Waals surface area (Å²) in [6, 6.07) is 14.9. The topological polar surface area (TPSA) is 77.1 Å². The molecule has 2 aromatic rings. The van der Waals surface area contributed by atoms with Crippen LogP contribution in [0.2, 0.25) is 0 Å². The predicted octanol–water partition coefficient (Wildman–Crippen LogP) is 2.96. The lowest BCUT2D eigenvalue weighted by atomic mass is 10.1. The summed E-state index contributed by atoms with van der Waals surface area (Å²) in [4.78, 5) is 26.4. The van der Waals surface area contributed by atoms with Crippen molar-refractivity contribution in [2.24, 2.45) is 0 Å². The zero-order valence-corrected chi connectivity index (χ0v) is 18.1. The van der Waals surface area contributed by atoms with Gasteiger partial charge in [0.05, 0.1) is 6.61 Å². The van der Waals surface area contributed by atoms with Gasteiger partial charge in [0.25, 0.3) is 11.8 Å². The van der Waals surface area contributed by atoms with Crippen molar-refractivity contribution in [2.75, 3.05) is 32.9 Å². The Morgan fingerprint density at radius 1 is 0.935 bits per heavy atom. The van der Waals surface area contributed by atoms with E-state index in [0.29, 0.717) is 49.8 Å². The van der Waals surface area contributed by atoms with Crippen LogP contribution in [-0.2, 0) is 9.59 Å². The second-order valence-corrected chi connectivity index (χ2v) is 7.49. The van der Waals surface area contributed by atoms with E-state index >= 15 is 0 Å². The van der Waals surface area contributed by atoms with Gasteiger partial charge in [0, 0.05) is 19.1 Å². The van der Waals surface area contributed by atoms with Crippen LogP contribution in [0.25, 0.3) is 0 Å². The molecular formula is C24H30N2O5. The van der Waals surface area contributed by atoms with Crippen LogP contribution in [0.1, 0.15) is 25.3 Å². The number of benzene rings is 2. The summed E-state index contributed by atoms with van der Waals surface area (Å²) in [5.41, 5.74) is 1.14. The SMILES string of the molecule is CCOc1ccccc1OCC(=O)N1CCC(NC(=O)COc2ccc(C)cc2)CC1. The van der Waals surface area contributed by atoms with Gasteiger partial charge in [0.15, 0.2) is 24.7 Å². The number of nitrogens with one attached hydrogen (secondary N) is 1. The number of para-hydroxylation sites is 2. The predicted molar refractivity (Wildman–Crippen MR) is 118 cm³/mol. The van der Waals surface area contributed by atoms with Crippen molar-refractivity contribution in [1.82, 2.24) is 10.2 Å². The minimum absolute atomic E-state index is 0.0186. The number of carbonyl (C=O) groups excluding carboxylic acids is 2. The lowest BCUT2D eigenvalue weighted by molar-refractivity contribution is -0.134. The number of piperidine rings is 1. The summed E-state index contributed by atoms with van der Waals surface area (Å²) in [5.74, 6) is 1.65. The Labute approximate surface area is 183 Å². The number of nitrogens with zero attached hydrogens (tertiary/aromatic N) is 1. The molecule has 3 rings (SSSR count). The molecule has 1 aliphatic rings. The van der Waals surface area contributed by atoms with Crippen LogP contribution in [0.15, 0.2) is 48.5 Å². The van der Waals surface area contributed by atoms with E-state index in [1.165, 1.54) is 0 Å². The fourth-order valence-corrected chi connectivity index (χ4v) is 3.40. The Morgan fingerprint density at radius 3 is 2.23 bits per heavy atom. The van der Waals surface area contributed by atoms with Gasteiger partial charge in [0.1, 0.15) is 5.75 Å². The molecule has 1 fully saturated rings. The average molecular weight is 427 g/mol. The number of aryl methyl sites for hydroxylation is 1. The molecule has 0 unspecified atom stereocenters. The van der Waals surface area contributed by atoms with Gasteiger partial charge in [0.2, 0.25) is 0 Å². The second-order valence-electron chi connectivity index (χ2n) is 7.49. The number of hydrogen-bond acceptors (Lipinski definition) is 5. The monoisotopic (exact) mass is 426 g/mol. The van der Waals surface area contributed by atoms with Gasteiger partial charge in [-0.25, -0.2) is 0 Å². The fourth-order valence-electron chi connectivity index (χ4n) is 3.40. The van der Waals surface area contributed by atoms with E-state index in [1.807, 2.05) is 56.3 Å². The van der Waals surface area contributed by atoms with Crippen LogP contribution in [0.5, 0.6) is 17.2 Å². The third-order valence-electron chi connectivity index (χ3n) is 5.10. The first-order valence-corrected chi connectivity index (χ1v) is 10.7. The average Bonchev–Trinajstić information content (AvgIpc) is 2.78. The Balaban J connectivity index is 1.37. The minimum Gasteiger partial charge on any atom is -0.490 e. The normalized spacial score (nSPS) is 14.1. The Bertz CT molecular complexity index is 861. The van der Waals surface area contributed by atoms with Gasteiger partial charge < -0.3 is 24.4 Å². The van der Waals surface area contributed by atoms with Gasteiger partial charge in [-0.05, 0) is 51.0 Å². The molecule has 1 heterocycles. The lowest BCUT2D eigenvalue weighted by Crippen LogP contribution is -2.48. The molecule has 31 heavy (non-hydrogen) atoms. The molecule has 0 aromatic heterocycles. The van der Waals surface area contributed by atoms with Gasteiger partial charge in [-0.2, -0.15) is 0 Å². The number of carbonyl (C=O) groups is 2. The molecule has 0 saturated carbocycles. The van der Waals surface area contributed by atoms with Crippen LogP contribution in [0.4, 0.5) is 0 Å². The fraction of sp³-hybridized carbons (Fsp3) is 0.417. The zero-order chi connectivity index (χ0) is 22.1. The van der Waals surface area contributed by atoms with E-state index in [-0.39, 0.29) is 31.1 Å². The standard InChI is InChI=1S/C24H30N2O5/c1-3-29-21-6-4-5-7-22(21)31-17-24(28)26-14-12-19(13-15-26)25-23(27)16-30-20-10-8-18(2)9-11-20/h4-11,19H,3,12-17H2,1-2H3,(H,25,27). The van der Waals surface area contributed by atoms with Crippen molar-refractivity contribution >= 4 is 11.8 Å². The number of amides is 2. The van der Waals surface area contributed by atoms with Crippen molar-refractivity contribution in [3.05, 3.63) is 54.1 Å². The summed E-state index contributed by atoms with van der Waals surface area (Å²) in [5, 5.41) is 2.99. The zero-order valence-electron chi connectivity index (χ0n) is 18.1. The molecule has 1 N–H and O–H groups in total.